The van der Waals surface area contributed by atoms with Crippen LogP contribution >= 0.6 is 11.8 Å². The number of hydrogen-bond donors (Lipinski definition) is 2. The number of aliphatic hydroxyl groups is 1. The molecule has 0 aromatic heterocycles. The molecule has 0 aliphatic rings. The third-order valence-electron chi connectivity index (χ3n) is 1.85. The lowest BCUT2D eigenvalue weighted by molar-refractivity contribution is 0.200. The molecule has 1 atom stereocenters. The zero-order chi connectivity index (χ0) is 10.3. The molecule has 0 aliphatic heterocycles. The van der Waals surface area contributed by atoms with Crippen LogP contribution in [0.2, 0.25) is 0 Å². The number of aliphatic hydroxyl groups excluding tert-OH is 1. The first-order valence-electron chi connectivity index (χ1n) is 4.95. The number of hydrogen-bond acceptors (Lipinski definition) is 3. The van der Waals surface area contributed by atoms with Gasteiger partial charge in [0.15, 0.2) is 0 Å². The average Bonchev–Trinajstić information content (AvgIpc) is 2.03. The first-order valence-corrected chi connectivity index (χ1v) is 6.11. The van der Waals surface area contributed by atoms with E-state index in [0.29, 0.717) is 0 Å². The van der Waals surface area contributed by atoms with E-state index < -0.39 is 0 Å². The van der Waals surface area contributed by atoms with E-state index in [9.17, 15) is 0 Å². The molecule has 0 spiro atoms. The minimum absolute atomic E-state index is 0.0852. The molecule has 3 heteroatoms. The van der Waals surface area contributed by atoms with Crippen molar-refractivity contribution in [3.8, 4) is 0 Å². The highest BCUT2D eigenvalue weighted by atomic mass is 32.2. The van der Waals surface area contributed by atoms with Crippen molar-refractivity contribution in [2.24, 2.45) is 11.7 Å². The maximum atomic E-state index is 8.91. The predicted octanol–water partition coefficient (Wildman–Crippen LogP) is 1.87. The molecule has 0 aliphatic carbocycles. The van der Waals surface area contributed by atoms with Gasteiger partial charge in [-0.25, -0.2) is 0 Å². The van der Waals surface area contributed by atoms with Crippen LogP contribution in [0.25, 0.3) is 0 Å². The zero-order valence-corrected chi connectivity index (χ0v) is 9.86. The van der Waals surface area contributed by atoms with Gasteiger partial charge in [0.25, 0.3) is 0 Å². The molecule has 0 amide bonds. The molecule has 0 bridgehead atoms. The summed E-state index contributed by atoms with van der Waals surface area (Å²) in [6.45, 7) is 6.45. The van der Waals surface area contributed by atoms with Crippen molar-refractivity contribution in [3.05, 3.63) is 0 Å². The molecule has 0 saturated carbocycles. The molecule has 2 nitrogen and oxygen atoms in total. The highest BCUT2D eigenvalue weighted by Crippen LogP contribution is 2.13. The minimum Gasteiger partial charge on any atom is -0.394 e. The van der Waals surface area contributed by atoms with Crippen LogP contribution in [-0.4, -0.2) is 28.8 Å². The van der Waals surface area contributed by atoms with E-state index >= 15 is 0 Å². The Hall–Kier alpha value is 0.270. The van der Waals surface area contributed by atoms with Gasteiger partial charge in [-0.1, -0.05) is 13.8 Å². The fourth-order valence-corrected chi connectivity index (χ4v) is 1.96. The van der Waals surface area contributed by atoms with Crippen molar-refractivity contribution in [2.45, 2.75) is 39.2 Å². The van der Waals surface area contributed by atoms with Gasteiger partial charge >= 0.3 is 0 Å². The van der Waals surface area contributed by atoms with E-state index in [0.717, 1.165) is 24.5 Å². The van der Waals surface area contributed by atoms with Gasteiger partial charge < -0.3 is 10.8 Å². The largest absolute Gasteiger partial charge is 0.394 e. The number of thioether (sulfide) groups is 1. The molecule has 0 fully saturated rings. The standard InChI is InChI=1S/C10H23NOS/c1-9(2)7-13-6-4-5-10(3,11)8-12/h9,12H,4-8,11H2,1-3H3. The summed E-state index contributed by atoms with van der Waals surface area (Å²) in [5.74, 6) is 3.15. The van der Waals surface area contributed by atoms with Crippen molar-refractivity contribution in [2.75, 3.05) is 18.1 Å². The fourth-order valence-electron chi connectivity index (χ4n) is 0.976. The summed E-state index contributed by atoms with van der Waals surface area (Å²) in [4.78, 5) is 0. The van der Waals surface area contributed by atoms with Crippen LogP contribution in [-0.2, 0) is 0 Å². The first-order chi connectivity index (χ1) is 5.98. The lowest BCUT2D eigenvalue weighted by Crippen LogP contribution is -2.40. The molecule has 1 unspecified atom stereocenters. The van der Waals surface area contributed by atoms with Gasteiger partial charge in [0.05, 0.1) is 6.61 Å². The lowest BCUT2D eigenvalue weighted by Gasteiger charge is -2.21. The molecule has 0 heterocycles. The SMILES string of the molecule is CC(C)CSCCCC(C)(N)CO. The van der Waals surface area contributed by atoms with Gasteiger partial charge in [0.1, 0.15) is 0 Å². The summed E-state index contributed by atoms with van der Waals surface area (Å²) in [5, 5.41) is 8.91. The molecule has 80 valence electrons. The van der Waals surface area contributed by atoms with Crippen LogP contribution in [0.3, 0.4) is 0 Å². The summed E-state index contributed by atoms with van der Waals surface area (Å²) in [5.41, 5.74) is 5.42. The highest BCUT2D eigenvalue weighted by Gasteiger charge is 2.15. The van der Waals surface area contributed by atoms with Gasteiger partial charge in [0, 0.05) is 5.54 Å². The van der Waals surface area contributed by atoms with Crippen LogP contribution in [0.4, 0.5) is 0 Å². The number of rotatable bonds is 7. The van der Waals surface area contributed by atoms with E-state index in [1.54, 1.807) is 0 Å². The monoisotopic (exact) mass is 205 g/mol. The molecule has 0 aromatic carbocycles. The second kappa shape index (κ2) is 6.68. The molecule has 3 N–H and O–H groups in total. The Balaban J connectivity index is 3.26. The van der Waals surface area contributed by atoms with Gasteiger partial charge in [-0.15, -0.1) is 0 Å². The van der Waals surface area contributed by atoms with Crippen LogP contribution in [0.5, 0.6) is 0 Å². The third-order valence-corrected chi connectivity index (χ3v) is 3.33. The summed E-state index contributed by atoms with van der Waals surface area (Å²) < 4.78 is 0. The van der Waals surface area contributed by atoms with Gasteiger partial charge in [-0.2, -0.15) is 11.8 Å². The predicted molar refractivity (Wildman–Crippen MR) is 61.1 cm³/mol. The summed E-state index contributed by atoms with van der Waals surface area (Å²) >= 11 is 1.98. The Morgan fingerprint density at radius 2 is 2.08 bits per heavy atom. The Morgan fingerprint density at radius 3 is 2.54 bits per heavy atom. The molecule has 0 aromatic rings. The van der Waals surface area contributed by atoms with E-state index in [2.05, 4.69) is 13.8 Å². The summed E-state index contributed by atoms with van der Waals surface area (Å²) in [6, 6.07) is 0. The fraction of sp³-hybridized carbons (Fsp3) is 1.00. The second-order valence-corrected chi connectivity index (χ2v) is 5.53. The van der Waals surface area contributed by atoms with E-state index in [-0.39, 0.29) is 12.1 Å². The van der Waals surface area contributed by atoms with E-state index in [4.69, 9.17) is 10.8 Å². The Bertz CT molecular complexity index is 126. The smallest absolute Gasteiger partial charge is 0.0608 e. The topological polar surface area (TPSA) is 46.2 Å². The maximum Gasteiger partial charge on any atom is 0.0608 e. The van der Waals surface area contributed by atoms with E-state index in [1.165, 1.54) is 5.75 Å². The van der Waals surface area contributed by atoms with E-state index in [1.807, 2.05) is 18.7 Å². The first kappa shape index (κ1) is 13.3. The summed E-state index contributed by atoms with van der Waals surface area (Å²) in [7, 11) is 0. The maximum absolute atomic E-state index is 8.91. The molecule has 0 saturated heterocycles. The Kier molecular flexibility index (Phi) is 6.82. The van der Waals surface area contributed by atoms with Crippen molar-refractivity contribution >= 4 is 11.8 Å². The Labute approximate surface area is 86.3 Å². The highest BCUT2D eigenvalue weighted by molar-refractivity contribution is 7.99. The average molecular weight is 205 g/mol. The van der Waals surface area contributed by atoms with Crippen molar-refractivity contribution in [1.29, 1.82) is 0 Å². The van der Waals surface area contributed by atoms with Crippen LogP contribution < -0.4 is 5.73 Å². The normalized spacial score (nSPS) is 16.2. The molecule has 0 radical (unpaired) electrons. The molecule has 0 rings (SSSR count). The van der Waals surface area contributed by atoms with Gasteiger partial charge in [0.2, 0.25) is 0 Å². The molecular weight excluding hydrogens is 182 g/mol. The van der Waals surface area contributed by atoms with Crippen molar-refractivity contribution < 1.29 is 5.11 Å². The molecular formula is C10H23NOS. The quantitative estimate of drug-likeness (QED) is 0.624. The van der Waals surface area contributed by atoms with Gasteiger partial charge in [-0.05, 0) is 37.2 Å². The van der Waals surface area contributed by atoms with Crippen molar-refractivity contribution in [1.82, 2.24) is 0 Å². The number of nitrogens with two attached hydrogens (primary N) is 1. The Morgan fingerprint density at radius 1 is 1.46 bits per heavy atom. The summed E-state index contributed by atoms with van der Waals surface area (Å²) in [6.07, 6.45) is 2.01. The second-order valence-electron chi connectivity index (χ2n) is 4.38. The third kappa shape index (κ3) is 8.60. The van der Waals surface area contributed by atoms with Crippen LogP contribution in [0, 0.1) is 5.92 Å². The van der Waals surface area contributed by atoms with Crippen LogP contribution in [0.15, 0.2) is 0 Å². The molecule has 13 heavy (non-hydrogen) atoms. The zero-order valence-electron chi connectivity index (χ0n) is 9.05. The lowest BCUT2D eigenvalue weighted by atomic mass is 9.99. The van der Waals surface area contributed by atoms with Crippen LogP contribution in [0.1, 0.15) is 33.6 Å². The minimum atomic E-state index is -0.377. The van der Waals surface area contributed by atoms with Crippen molar-refractivity contribution in [3.63, 3.8) is 0 Å². The van der Waals surface area contributed by atoms with Gasteiger partial charge in [-0.3, -0.25) is 0 Å².